The highest BCUT2D eigenvalue weighted by atomic mass is 79.9. The average molecular weight is 350 g/mol. The smallest absolute Gasteiger partial charge is 0.230 e. The molecule has 0 saturated heterocycles. The second-order valence-electron chi connectivity index (χ2n) is 5.15. The average Bonchev–Trinajstić information content (AvgIpc) is 2.28. The van der Waals surface area contributed by atoms with Gasteiger partial charge in [-0.25, -0.2) is 0 Å². The van der Waals surface area contributed by atoms with E-state index in [2.05, 4.69) is 21.2 Å². The maximum atomic E-state index is 12.2. The third-order valence-electron chi connectivity index (χ3n) is 3.02. The van der Waals surface area contributed by atoms with Crippen LogP contribution >= 0.6 is 28.3 Å². The molecule has 0 aliphatic heterocycles. The Balaban J connectivity index is 0.00000324. The van der Waals surface area contributed by atoms with E-state index in [0.29, 0.717) is 6.54 Å². The molecular weight excluding hydrogens is 328 g/mol. The van der Waals surface area contributed by atoms with Gasteiger partial charge >= 0.3 is 0 Å². The highest BCUT2D eigenvalue weighted by molar-refractivity contribution is 9.10. The Morgan fingerprint density at radius 1 is 1.37 bits per heavy atom. The van der Waals surface area contributed by atoms with Gasteiger partial charge in [-0.05, 0) is 44.9 Å². The van der Waals surface area contributed by atoms with Crippen molar-refractivity contribution in [1.29, 1.82) is 0 Å². The van der Waals surface area contributed by atoms with Crippen LogP contribution in [0.25, 0.3) is 0 Å². The molecule has 0 saturated carbocycles. The van der Waals surface area contributed by atoms with Crippen LogP contribution in [0.3, 0.4) is 0 Å². The molecule has 19 heavy (non-hydrogen) atoms. The van der Waals surface area contributed by atoms with E-state index in [9.17, 15) is 4.79 Å². The lowest BCUT2D eigenvalue weighted by Gasteiger charge is -2.24. The van der Waals surface area contributed by atoms with Crippen LogP contribution in [0.4, 0.5) is 0 Å². The Hall–Kier alpha value is -0.580. The first kappa shape index (κ1) is 18.4. The summed E-state index contributed by atoms with van der Waals surface area (Å²) in [6.07, 6.45) is 0.794. The molecule has 0 aliphatic carbocycles. The maximum absolute atomic E-state index is 12.2. The number of halogens is 2. The zero-order chi connectivity index (χ0) is 13.8. The number of amides is 1. The van der Waals surface area contributed by atoms with Gasteiger partial charge in [0, 0.05) is 17.1 Å². The van der Waals surface area contributed by atoms with Gasteiger partial charge in [-0.2, -0.15) is 0 Å². The van der Waals surface area contributed by atoms with E-state index in [-0.39, 0.29) is 24.4 Å². The van der Waals surface area contributed by atoms with Crippen LogP contribution in [0.2, 0.25) is 0 Å². The third-order valence-corrected chi connectivity index (χ3v) is 3.55. The summed E-state index contributed by atoms with van der Waals surface area (Å²) in [7, 11) is 0. The molecule has 0 aromatic heterocycles. The number of hydrogen-bond acceptors (Lipinski definition) is 2. The van der Waals surface area contributed by atoms with Gasteiger partial charge in [-0.3, -0.25) is 4.79 Å². The van der Waals surface area contributed by atoms with E-state index in [4.69, 9.17) is 5.73 Å². The second-order valence-corrected chi connectivity index (χ2v) is 6.07. The molecule has 108 valence electrons. The maximum Gasteiger partial charge on any atom is 0.230 e. The number of nitrogens with two attached hydrogens (primary N) is 1. The summed E-state index contributed by atoms with van der Waals surface area (Å²) in [6.45, 7) is 6.41. The van der Waals surface area contributed by atoms with Crippen molar-refractivity contribution in [1.82, 2.24) is 5.32 Å². The van der Waals surface area contributed by atoms with Gasteiger partial charge in [0.15, 0.2) is 0 Å². The van der Waals surface area contributed by atoms with E-state index in [1.54, 1.807) is 0 Å². The normalized spacial score (nSPS) is 12.5. The Bertz CT molecular complexity index is 404. The quantitative estimate of drug-likeness (QED) is 0.858. The number of carbonyl (C=O) groups is 1. The van der Waals surface area contributed by atoms with Crippen molar-refractivity contribution >= 4 is 34.2 Å². The van der Waals surface area contributed by atoms with Crippen molar-refractivity contribution in [3.63, 3.8) is 0 Å². The van der Waals surface area contributed by atoms with Crippen molar-refractivity contribution < 1.29 is 4.79 Å². The molecule has 1 aromatic carbocycles. The SMILES string of the molecule is CC(N)CCNC(=O)C(C)(C)c1ccc(Br)cc1.Cl. The van der Waals surface area contributed by atoms with Crippen molar-refractivity contribution in [3.8, 4) is 0 Å². The van der Waals surface area contributed by atoms with Gasteiger partial charge in [0.25, 0.3) is 0 Å². The number of rotatable bonds is 5. The van der Waals surface area contributed by atoms with Gasteiger partial charge in [0.2, 0.25) is 5.91 Å². The van der Waals surface area contributed by atoms with Crippen molar-refractivity contribution in [2.24, 2.45) is 5.73 Å². The molecule has 0 aliphatic rings. The summed E-state index contributed by atoms with van der Waals surface area (Å²) in [5.74, 6) is 0.0328. The summed E-state index contributed by atoms with van der Waals surface area (Å²) >= 11 is 3.39. The van der Waals surface area contributed by atoms with Crippen molar-refractivity contribution in [2.75, 3.05) is 6.54 Å². The molecule has 0 bridgehead atoms. The van der Waals surface area contributed by atoms with Crippen LogP contribution in [0.5, 0.6) is 0 Å². The minimum atomic E-state index is -0.529. The fourth-order valence-electron chi connectivity index (χ4n) is 1.63. The summed E-state index contributed by atoms with van der Waals surface area (Å²) in [6, 6.07) is 7.95. The topological polar surface area (TPSA) is 55.1 Å². The van der Waals surface area contributed by atoms with E-state index in [1.807, 2.05) is 45.0 Å². The number of nitrogens with one attached hydrogen (secondary N) is 1. The van der Waals surface area contributed by atoms with Gasteiger partial charge in [-0.15, -0.1) is 12.4 Å². The first-order chi connectivity index (χ1) is 8.34. The molecular formula is C14H22BrClN2O. The highest BCUT2D eigenvalue weighted by Gasteiger charge is 2.29. The fraction of sp³-hybridized carbons (Fsp3) is 0.500. The molecule has 1 rings (SSSR count). The Morgan fingerprint density at radius 3 is 2.37 bits per heavy atom. The molecule has 5 heteroatoms. The largest absolute Gasteiger partial charge is 0.355 e. The van der Waals surface area contributed by atoms with Crippen molar-refractivity contribution in [3.05, 3.63) is 34.3 Å². The van der Waals surface area contributed by atoms with Crippen LogP contribution in [-0.4, -0.2) is 18.5 Å². The van der Waals surface area contributed by atoms with Gasteiger partial charge in [0.05, 0.1) is 5.41 Å². The molecule has 0 radical (unpaired) electrons. The van der Waals surface area contributed by atoms with Crippen LogP contribution in [0.15, 0.2) is 28.7 Å². The molecule has 1 amide bonds. The first-order valence-corrected chi connectivity index (χ1v) is 6.93. The lowest BCUT2D eigenvalue weighted by molar-refractivity contribution is -0.125. The van der Waals surface area contributed by atoms with Gasteiger partial charge in [-0.1, -0.05) is 28.1 Å². The Kier molecular flexibility index (Phi) is 7.64. The lowest BCUT2D eigenvalue weighted by atomic mass is 9.84. The number of benzene rings is 1. The Morgan fingerprint density at radius 2 is 1.89 bits per heavy atom. The zero-order valence-electron chi connectivity index (χ0n) is 11.6. The zero-order valence-corrected chi connectivity index (χ0v) is 14.0. The number of carbonyl (C=O) groups excluding carboxylic acids is 1. The summed E-state index contributed by atoms with van der Waals surface area (Å²) in [5.41, 5.74) is 6.13. The van der Waals surface area contributed by atoms with E-state index in [0.717, 1.165) is 16.5 Å². The van der Waals surface area contributed by atoms with Crippen LogP contribution in [-0.2, 0) is 10.2 Å². The van der Waals surface area contributed by atoms with Crippen molar-refractivity contribution in [2.45, 2.75) is 38.6 Å². The van der Waals surface area contributed by atoms with Gasteiger partial charge in [0.1, 0.15) is 0 Å². The van der Waals surface area contributed by atoms with Crippen LogP contribution in [0.1, 0.15) is 32.8 Å². The monoisotopic (exact) mass is 348 g/mol. The molecule has 3 N–H and O–H groups in total. The molecule has 1 atom stereocenters. The molecule has 0 heterocycles. The summed E-state index contributed by atoms with van der Waals surface area (Å²) in [5, 5.41) is 2.94. The lowest BCUT2D eigenvalue weighted by Crippen LogP contribution is -2.41. The minimum Gasteiger partial charge on any atom is -0.355 e. The third kappa shape index (κ3) is 5.51. The van der Waals surface area contributed by atoms with Gasteiger partial charge < -0.3 is 11.1 Å². The van der Waals surface area contributed by atoms with E-state index >= 15 is 0 Å². The van der Waals surface area contributed by atoms with Crippen LogP contribution < -0.4 is 11.1 Å². The van der Waals surface area contributed by atoms with Crippen LogP contribution in [0, 0.1) is 0 Å². The number of hydrogen-bond donors (Lipinski definition) is 2. The fourth-order valence-corrected chi connectivity index (χ4v) is 1.90. The second kappa shape index (κ2) is 7.88. The minimum absolute atomic E-state index is 0. The molecule has 0 fully saturated rings. The molecule has 1 aromatic rings. The van der Waals surface area contributed by atoms with E-state index < -0.39 is 5.41 Å². The summed E-state index contributed by atoms with van der Waals surface area (Å²) in [4.78, 5) is 12.2. The summed E-state index contributed by atoms with van der Waals surface area (Å²) < 4.78 is 1.01. The van der Waals surface area contributed by atoms with E-state index in [1.165, 1.54) is 0 Å². The molecule has 3 nitrogen and oxygen atoms in total. The molecule has 0 spiro atoms. The highest BCUT2D eigenvalue weighted by Crippen LogP contribution is 2.24. The first-order valence-electron chi connectivity index (χ1n) is 6.14. The standard InChI is InChI=1S/C14H21BrN2O.ClH/c1-10(16)8-9-17-13(18)14(2,3)11-4-6-12(15)7-5-11;/h4-7,10H,8-9,16H2,1-3H3,(H,17,18);1H. The predicted octanol–water partition coefficient (Wildman–Crippen LogP) is 3.00. The molecule has 1 unspecified atom stereocenters. The predicted molar refractivity (Wildman–Crippen MR) is 85.7 cm³/mol. The Labute approximate surface area is 129 Å².